The lowest BCUT2D eigenvalue weighted by Crippen LogP contribution is -2.12. The summed E-state index contributed by atoms with van der Waals surface area (Å²) >= 11 is 0. The van der Waals surface area contributed by atoms with Crippen molar-refractivity contribution < 1.29 is 9.72 Å². The van der Waals surface area contributed by atoms with Gasteiger partial charge in [-0.05, 0) is 6.07 Å². The third kappa shape index (κ3) is 1.50. The highest BCUT2D eigenvalue weighted by Gasteiger charge is 2.11. The Morgan fingerprint density at radius 1 is 1.53 bits per heavy atom. The molecule has 0 radical (unpaired) electrons. The normalized spacial score (nSPS) is 10.4. The molecule has 76 valence electrons. The first-order valence-corrected chi connectivity index (χ1v) is 4.02. The molecule has 0 bridgehead atoms. The minimum atomic E-state index is -0.700. The maximum Gasteiger partial charge on any atom is 0.284 e. The summed E-state index contributed by atoms with van der Waals surface area (Å²) in [6, 6.07) is 4.08. The van der Waals surface area contributed by atoms with Gasteiger partial charge in [0.05, 0.1) is 16.0 Å². The Morgan fingerprint density at radius 3 is 2.87 bits per heavy atom. The van der Waals surface area contributed by atoms with Crippen molar-refractivity contribution in [3.8, 4) is 0 Å². The Morgan fingerprint density at radius 2 is 2.27 bits per heavy atom. The molecular weight excluding hydrogens is 200 g/mol. The van der Waals surface area contributed by atoms with Crippen LogP contribution in [0, 0.1) is 10.1 Å². The van der Waals surface area contributed by atoms with Gasteiger partial charge in [0.15, 0.2) is 5.82 Å². The van der Waals surface area contributed by atoms with E-state index in [1.54, 1.807) is 0 Å². The van der Waals surface area contributed by atoms with Crippen molar-refractivity contribution in [2.75, 3.05) is 0 Å². The van der Waals surface area contributed by atoms with Crippen LogP contribution in [0.5, 0.6) is 0 Å². The summed E-state index contributed by atoms with van der Waals surface area (Å²) in [5.41, 5.74) is 5.81. The number of primary amides is 1. The van der Waals surface area contributed by atoms with E-state index in [1.807, 2.05) is 0 Å². The van der Waals surface area contributed by atoms with Crippen molar-refractivity contribution in [2.45, 2.75) is 0 Å². The average Bonchev–Trinajstić information content (AvgIpc) is 2.59. The van der Waals surface area contributed by atoms with Crippen molar-refractivity contribution in [2.24, 2.45) is 5.73 Å². The molecule has 0 aliphatic heterocycles. The van der Waals surface area contributed by atoms with E-state index in [1.165, 1.54) is 18.2 Å². The van der Waals surface area contributed by atoms with Gasteiger partial charge in [-0.2, -0.15) is 0 Å². The van der Waals surface area contributed by atoms with E-state index < -0.39 is 10.8 Å². The number of aromatic amines is 1. The van der Waals surface area contributed by atoms with Gasteiger partial charge in [-0.1, -0.05) is 0 Å². The second kappa shape index (κ2) is 3.05. The van der Waals surface area contributed by atoms with Crippen LogP contribution >= 0.6 is 0 Å². The molecule has 3 N–H and O–H groups in total. The van der Waals surface area contributed by atoms with Gasteiger partial charge in [0.25, 0.3) is 11.6 Å². The molecule has 2 rings (SSSR count). The molecule has 2 aromatic rings. The third-order valence-corrected chi connectivity index (χ3v) is 1.91. The summed E-state index contributed by atoms with van der Waals surface area (Å²) in [4.78, 5) is 27.2. The molecule has 1 amide bonds. The zero-order chi connectivity index (χ0) is 11.0. The first-order valence-electron chi connectivity index (χ1n) is 4.02. The van der Waals surface area contributed by atoms with Gasteiger partial charge in [0.1, 0.15) is 0 Å². The number of nitrogens with zero attached hydrogens (tertiary/aromatic N) is 2. The van der Waals surface area contributed by atoms with E-state index in [0.29, 0.717) is 11.0 Å². The van der Waals surface area contributed by atoms with Crippen LogP contribution in [0.3, 0.4) is 0 Å². The van der Waals surface area contributed by atoms with E-state index in [4.69, 9.17) is 5.73 Å². The van der Waals surface area contributed by atoms with Crippen LogP contribution in [-0.4, -0.2) is 20.8 Å². The van der Waals surface area contributed by atoms with Crippen molar-refractivity contribution >= 4 is 22.6 Å². The molecule has 0 spiro atoms. The van der Waals surface area contributed by atoms with E-state index in [2.05, 4.69) is 9.97 Å². The molecule has 0 saturated carbocycles. The molecule has 0 aliphatic carbocycles. The van der Waals surface area contributed by atoms with Gasteiger partial charge >= 0.3 is 0 Å². The fourth-order valence-corrected chi connectivity index (χ4v) is 1.22. The molecule has 0 saturated heterocycles. The number of carbonyl (C=O) groups excluding carboxylic acids is 1. The number of nitro groups is 1. The highest BCUT2D eigenvalue weighted by molar-refractivity contribution is 5.93. The molecule has 1 aromatic carbocycles. The topological polar surface area (TPSA) is 115 Å². The van der Waals surface area contributed by atoms with Crippen LogP contribution in [-0.2, 0) is 0 Å². The summed E-state index contributed by atoms with van der Waals surface area (Å²) in [6.45, 7) is 0. The molecule has 7 heteroatoms. The minimum absolute atomic E-state index is 0.00880. The lowest BCUT2D eigenvalue weighted by molar-refractivity contribution is -0.384. The number of non-ortho nitro benzene ring substituents is 1. The number of H-pyrrole nitrogens is 1. The zero-order valence-corrected chi connectivity index (χ0v) is 7.43. The Kier molecular flexibility index (Phi) is 1.86. The maximum absolute atomic E-state index is 10.8. The van der Waals surface area contributed by atoms with Gasteiger partial charge in [-0.3, -0.25) is 14.9 Å². The van der Waals surface area contributed by atoms with Crippen molar-refractivity contribution in [1.29, 1.82) is 0 Å². The van der Waals surface area contributed by atoms with E-state index in [-0.39, 0.29) is 11.5 Å². The highest BCUT2D eigenvalue weighted by Crippen LogP contribution is 2.18. The Balaban J connectivity index is 2.62. The largest absolute Gasteiger partial charge is 0.363 e. The second-order valence-electron chi connectivity index (χ2n) is 2.91. The summed E-state index contributed by atoms with van der Waals surface area (Å²) in [5.74, 6) is -0.709. The molecule has 7 nitrogen and oxygen atoms in total. The molecular formula is C8H6N4O3. The van der Waals surface area contributed by atoms with Crippen LogP contribution < -0.4 is 5.73 Å². The summed E-state index contributed by atoms with van der Waals surface area (Å²) < 4.78 is 0. The lowest BCUT2D eigenvalue weighted by atomic mass is 10.3. The minimum Gasteiger partial charge on any atom is -0.363 e. The first kappa shape index (κ1) is 9.13. The summed E-state index contributed by atoms with van der Waals surface area (Å²) in [7, 11) is 0. The summed E-state index contributed by atoms with van der Waals surface area (Å²) in [5, 5.41) is 10.5. The van der Waals surface area contributed by atoms with E-state index in [0.717, 1.165) is 0 Å². The van der Waals surface area contributed by atoms with Crippen LogP contribution in [0.25, 0.3) is 11.0 Å². The van der Waals surface area contributed by atoms with Gasteiger partial charge in [0.2, 0.25) is 0 Å². The monoisotopic (exact) mass is 206 g/mol. The van der Waals surface area contributed by atoms with Crippen molar-refractivity contribution in [1.82, 2.24) is 9.97 Å². The number of benzene rings is 1. The molecule has 1 aromatic heterocycles. The number of hydrogen-bond acceptors (Lipinski definition) is 4. The Bertz CT molecular complexity index is 548. The van der Waals surface area contributed by atoms with Gasteiger partial charge < -0.3 is 10.7 Å². The van der Waals surface area contributed by atoms with Crippen LogP contribution in [0.4, 0.5) is 5.69 Å². The molecule has 1 heterocycles. The number of amides is 1. The van der Waals surface area contributed by atoms with Gasteiger partial charge in [-0.15, -0.1) is 0 Å². The fraction of sp³-hybridized carbons (Fsp3) is 0. The number of nitro benzene ring substituents is 1. The number of rotatable bonds is 2. The molecule has 0 fully saturated rings. The number of imidazole rings is 1. The predicted molar refractivity (Wildman–Crippen MR) is 51.3 cm³/mol. The van der Waals surface area contributed by atoms with Gasteiger partial charge in [-0.25, -0.2) is 4.98 Å². The predicted octanol–water partition coefficient (Wildman–Crippen LogP) is 0.570. The smallest absolute Gasteiger partial charge is 0.284 e. The first-order chi connectivity index (χ1) is 7.08. The van der Waals surface area contributed by atoms with Crippen molar-refractivity contribution in [3.05, 3.63) is 34.1 Å². The maximum atomic E-state index is 10.8. The number of fused-ring (bicyclic) bond motifs is 1. The fourth-order valence-electron chi connectivity index (χ4n) is 1.22. The second-order valence-corrected chi connectivity index (χ2v) is 2.91. The molecule has 0 aliphatic rings. The quantitative estimate of drug-likeness (QED) is 0.551. The summed E-state index contributed by atoms with van der Waals surface area (Å²) in [6.07, 6.45) is 0. The van der Waals surface area contributed by atoms with Crippen LogP contribution in [0.2, 0.25) is 0 Å². The number of nitrogens with one attached hydrogen (secondary N) is 1. The number of hydrogen-bond donors (Lipinski definition) is 2. The molecule has 0 unspecified atom stereocenters. The van der Waals surface area contributed by atoms with Crippen LogP contribution in [0.1, 0.15) is 10.6 Å². The van der Waals surface area contributed by atoms with Crippen molar-refractivity contribution in [3.63, 3.8) is 0 Å². The lowest BCUT2D eigenvalue weighted by Gasteiger charge is -1.89. The van der Waals surface area contributed by atoms with Gasteiger partial charge in [0, 0.05) is 12.1 Å². The third-order valence-electron chi connectivity index (χ3n) is 1.91. The Hall–Kier alpha value is -2.44. The Labute approximate surface area is 83.1 Å². The standard InChI is InChI=1S/C8H6N4O3/c9-7(13)8-10-5-2-1-4(12(14)15)3-6(5)11-8/h1-3H,(H2,9,13)(H,10,11). The van der Waals surface area contributed by atoms with E-state index in [9.17, 15) is 14.9 Å². The van der Waals surface area contributed by atoms with E-state index >= 15 is 0 Å². The number of carbonyl (C=O) groups is 1. The zero-order valence-electron chi connectivity index (χ0n) is 7.43. The average molecular weight is 206 g/mol. The highest BCUT2D eigenvalue weighted by atomic mass is 16.6. The number of nitrogens with two attached hydrogens (primary N) is 1. The molecule has 15 heavy (non-hydrogen) atoms. The number of aromatic nitrogens is 2. The molecule has 0 atom stereocenters. The SMILES string of the molecule is NC(=O)c1nc2cc([N+](=O)[O-])ccc2[nH]1. The van der Waals surface area contributed by atoms with Crippen LogP contribution in [0.15, 0.2) is 18.2 Å².